The molecule has 34 heavy (non-hydrogen) atoms. The van der Waals surface area contributed by atoms with Crippen molar-refractivity contribution in [3.05, 3.63) is 80.2 Å². The number of thiophene rings is 1. The predicted molar refractivity (Wildman–Crippen MR) is 132 cm³/mol. The van der Waals surface area contributed by atoms with Gasteiger partial charge in [-0.25, -0.2) is 9.97 Å². The summed E-state index contributed by atoms with van der Waals surface area (Å²) < 4.78 is 8.44. The molecule has 0 saturated carbocycles. The highest BCUT2D eigenvalue weighted by atomic mass is 32.1. The van der Waals surface area contributed by atoms with Crippen LogP contribution in [0.2, 0.25) is 0 Å². The number of rotatable bonds is 4. The Morgan fingerprint density at radius 1 is 1.15 bits per heavy atom. The molecule has 5 heterocycles. The van der Waals surface area contributed by atoms with Crippen LogP contribution >= 0.6 is 11.3 Å². The first-order chi connectivity index (χ1) is 16.6. The van der Waals surface area contributed by atoms with Crippen molar-refractivity contribution in [3.8, 4) is 5.75 Å². The number of H-pyrrole nitrogens is 1. The maximum atomic E-state index is 6.19. The summed E-state index contributed by atoms with van der Waals surface area (Å²) in [5, 5.41) is 14.5. The molecule has 0 atom stereocenters. The molecule has 4 aromatic heterocycles. The lowest BCUT2D eigenvalue weighted by molar-refractivity contribution is 0.311. The summed E-state index contributed by atoms with van der Waals surface area (Å²) in [5.74, 6) is 2.43. The smallest absolute Gasteiger partial charge is 0.198 e. The zero-order valence-corrected chi connectivity index (χ0v) is 20.0. The quantitative estimate of drug-likeness (QED) is 0.409. The van der Waals surface area contributed by atoms with Crippen LogP contribution in [0.3, 0.4) is 0 Å². The van der Waals surface area contributed by atoms with Gasteiger partial charge in [0.2, 0.25) is 0 Å². The number of ether oxygens (including phenoxy) is 1. The third kappa shape index (κ3) is 3.49. The van der Waals surface area contributed by atoms with Crippen LogP contribution in [-0.4, -0.2) is 35.2 Å². The number of para-hydroxylation sites is 1. The normalized spacial score (nSPS) is 14.1. The van der Waals surface area contributed by atoms with E-state index in [0.29, 0.717) is 19.0 Å². The van der Waals surface area contributed by atoms with Gasteiger partial charge >= 0.3 is 0 Å². The van der Waals surface area contributed by atoms with Crippen LogP contribution in [0.1, 0.15) is 50.7 Å². The van der Waals surface area contributed by atoms with Gasteiger partial charge in [-0.1, -0.05) is 25.1 Å². The number of nitrogens with zero attached hydrogens (tertiary/aromatic N) is 6. The first-order valence-electron chi connectivity index (χ1n) is 11.2. The lowest BCUT2D eigenvalue weighted by Crippen LogP contribution is -2.04. The van der Waals surface area contributed by atoms with E-state index in [0.717, 1.165) is 57.1 Å². The second-order valence-corrected chi connectivity index (χ2v) is 9.60. The Balaban J connectivity index is 1.47. The second kappa shape index (κ2) is 8.18. The van der Waals surface area contributed by atoms with Crippen LogP contribution in [-0.2, 0) is 19.6 Å². The van der Waals surface area contributed by atoms with Gasteiger partial charge in [0.15, 0.2) is 11.5 Å². The van der Waals surface area contributed by atoms with Crippen molar-refractivity contribution in [2.75, 3.05) is 0 Å². The Morgan fingerprint density at radius 2 is 2.03 bits per heavy atom. The van der Waals surface area contributed by atoms with Gasteiger partial charge in [0, 0.05) is 28.1 Å². The number of imidazole rings is 1. The highest BCUT2D eigenvalue weighted by Gasteiger charge is 2.23. The molecule has 0 amide bonds. The summed E-state index contributed by atoms with van der Waals surface area (Å²) in [6.07, 6.45) is 2.81. The van der Waals surface area contributed by atoms with Gasteiger partial charge in [0.25, 0.3) is 0 Å². The second-order valence-electron chi connectivity index (χ2n) is 8.38. The summed E-state index contributed by atoms with van der Waals surface area (Å²) >= 11 is 1.76. The van der Waals surface area contributed by atoms with Crippen molar-refractivity contribution < 1.29 is 4.74 Å². The molecule has 0 saturated heterocycles. The van der Waals surface area contributed by atoms with Crippen LogP contribution in [0, 0.1) is 13.8 Å². The summed E-state index contributed by atoms with van der Waals surface area (Å²) in [5.41, 5.74) is 7.28. The molecule has 1 aromatic carbocycles. The van der Waals surface area contributed by atoms with Crippen molar-refractivity contribution in [1.82, 2.24) is 35.2 Å². The Labute approximate surface area is 200 Å². The van der Waals surface area contributed by atoms with E-state index < -0.39 is 0 Å². The van der Waals surface area contributed by atoms with Gasteiger partial charge in [-0.15, -0.1) is 21.5 Å². The van der Waals surface area contributed by atoms with Crippen molar-refractivity contribution >= 4 is 34.1 Å². The molecule has 170 valence electrons. The molecule has 6 rings (SSSR count). The number of pyridine rings is 1. The standard InChI is InChI=1S/C25H23N7OS/c1-4-23-27-24-14(2)9-15(3)26-25(24)32(23)12-16-10-19-18(11-22-28-30-31-29-22)17-7-5-6-8-20(17)33-13-21(19)34-16/h5-11H,4,12-13H2,1-3H3,(H,28,29,30,31)/b18-11+. The van der Waals surface area contributed by atoms with Gasteiger partial charge in [0.1, 0.15) is 23.7 Å². The number of aromatic amines is 1. The van der Waals surface area contributed by atoms with E-state index in [1.807, 2.05) is 31.2 Å². The number of tetrazole rings is 1. The molecule has 0 aliphatic carbocycles. The fourth-order valence-electron chi connectivity index (χ4n) is 4.56. The molecular weight excluding hydrogens is 446 g/mol. The fourth-order valence-corrected chi connectivity index (χ4v) is 5.64. The fraction of sp³-hybridized carbons (Fsp3) is 0.240. The molecule has 0 radical (unpaired) electrons. The third-order valence-corrected chi connectivity index (χ3v) is 7.15. The highest BCUT2D eigenvalue weighted by Crippen LogP contribution is 2.41. The molecule has 0 bridgehead atoms. The Hall–Kier alpha value is -3.85. The molecule has 0 spiro atoms. The minimum atomic E-state index is 0.516. The van der Waals surface area contributed by atoms with Gasteiger partial charge in [-0.05, 0) is 54.5 Å². The van der Waals surface area contributed by atoms with Crippen LogP contribution < -0.4 is 4.74 Å². The van der Waals surface area contributed by atoms with Gasteiger partial charge in [0.05, 0.1) is 11.4 Å². The number of benzene rings is 1. The van der Waals surface area contributed by atoms with E-state index in [9.17, 15) is 0 Å². The minimum absolute atomic E-state index is 0.516. The van der Waals surface area contributed by atoms with Crippen molar-refractivity contribution in [2.24, 2.45) is 0 Å². The average Bonchev–Trinajstić information content (AvgIpc) is 3.54. The van der Waals surface area contributed by atoms with Gasteiger partial charge < -0.3 is 9.30 Å². The third-order valence-electron chi connectivity index (χ3n) is 6.05. The monoisotopic (exact) mass is 469 g/mol. The summed E-state index contributed by atoms with van der Waals surface area (Å²) in [4.78, 5) is 12.1. The molecule has 0 unspecified atom stereocenters. The van der Waals surface area contributed by atoms with E-state index in [4.69, 9.17) is 14.7 Å². The first kappa shape index (κ1) is 20.7. The predicted octanol–water partition coefficient (Wildman–Crippen LogP) is 4.71. The molecule has 1 N–H and O–H groups in total. The maximum absolute atomic E-state index is 6.19. The molecule has 5 aromatic rings. The average molecular weight is 470 g/mol. The number of hydrogen-bond donors (Lipinski definition) is 1. The number of fused-ring (bicyclic) bond motifs is 3. The van der Waals surface area contributed by atoms with Gasteiger partial charge in [-0.2, -0.15) is 5.21 Å². The maximum Gasteiger partial charge on any atom is 0.198 e. The lowest BCUT2D eigenvalue weighted by atomic mass is 9.97. The van der Waals surface area contributed by atoms with Gasteiger partial charge in [-0.3, -0.25) is 0 Å². The number of hydrogen-bond acceptors (Lipinski definition) is 7. The molecule has 1 aliphatic rings. The van der Waals surface area contributed by atoms with E-state index >= 15 is 0 Å². The van der Waals surface area contributed by atoms with E-state index in [-0.39, 0.29) is 0 Å². The van der Waals surface area contributed by atoms with E-state index in [1.54, 1.807) is 11.3 Å². The SMILES string of the molecule is CCc1nc2c(C)cc(C)nc2n1Cc1cc2c(s1)COc1ccccc1/C2=C\c1nn[nH]n1. The van der Waals surface area contributed by atoms with Crippen LogP contribution in [0.5, 0.6) is 5.75 Å². The highest BCUT2D eigenvalue weighted by molar-refractivity contribution is 7.12. The topological polar surface area (TPSA) is 94.4 Å². The Bertz CT molecular complexity index is 1550. The summed E-state index contributed by atoms with van der Waals surface area (Å²) in [7, 11) is 0. The molecule has 1 aliphatic heterocycles. The summed E-state index contributed by atoms with van der Waals surface area (Å²) in [6.45, 7) is 7.50. The van der Waals surface area contributed by atoms with Crippen LogP contribution in [0.25, 0.3) is 22.8 Å². The number of nitrogens with one attached hydrogen (secondary N) is 1. The number of aromatic nitrogens is 7. The van der Waals surface area contributed by atoms with Crippen LogP contribution in [0.15, 0.2) is 36.4 Å². The lowest BCUT2D eigenvalue weighted by Gasteiger charge is -2.09. The Morgan fingerprint density at radius 3 is 2.85 bits per heavy atom. The molecular formula is C25H23N7OS. The largest absolute Gasteiger partial charge is 0.487 e. The van der Waals surface area contributed by atoms with E-state index in [1.165, 1.54) is 9.75 Å². The van der Waals surface area contributed by atoms with Crippen molar-refractivity contribution in [3.63, 3.8) is 0 Å². The van der Waals surface area contributed by atoms with E-state index in [2.05, 4.69) is 57.2 Å². The number of aryl methyl sites for hydroxylation is 3. The molecule has 0 fully saturated rings. The molecule has 8 nitrogen and oxygen atoms in total. The first-order valence-corrected chi connectivity index (χ1v) is 12.0. The summed E-state index contributed by atoms with van der Waals surface area (Å²) in [6, 6.07) is 12.4. The minimum Gasteiger partial charge on any atom is -0.487 e. The molecule has 9 heteroatoms. The van der Waals surface area contributed by atoms with Crippen LogP contribution in [0.4, 0.5) is 0 Å². The van der Waals surface area contributed by atoms with Crippen molar-refractivity contribution in [1.29, 1.82) is 0 Å². The zero-order valence-electron chi connectivity index (χ0n) is 19.2. The Kier molecular flexibility index (Phi) is 4.99. The van der Waals surface area contributed by atoms with Crippen molar-refractivity contribution in [2.45, 2.75) is 40.3 Å². The zero-order chi connectivity index (χ0) is 23.2.